The van der Waals surface area contributed by atoms with E-state index >= 15 is 0 Å². The summed E-state index contributed by atoms with van der Waals surface area (Å²) >= 11 is 0. The molecule has 1 heterocycles. The van der Waals surface area contributed by atoms with Crippen molar-refractivity contribution in [3.8, 4) is 6.07 Å². The fraction of sp³-hybridized carbons (Fsp3) is 0.875. The van der Waals surface area contributed by atoms with Crippen LogP contribution < -0.4 is 0 Å². The molecule has 0 aliphatic carbocycles. The first kappa shape index (κ1) is 9.85. The molecule has 0 saturated carbocycles. The van der Waals surface area contributed by atoms with Gasteiger partial charge in [0, 0.05) is 24.0 Å². The van der Waals surface area contributed by atoms with Crippen LogP contribution in [0.3, 0.4) is 0 Å². The van der Waals surface area contributed by atoms with Crippen molar-refractivity contribution in [2.45, 2.75) is 25.9 Å². The van der Waals surface area contributed by atoms with Gasteiger partial charge in [0.1, 0.15) is 0 Å². The van der Waals surface area contributed by atoms with Crippen molar-refractivity contribution in [1.82, 2.24) is 4.90 Å². The van der Waals surface area contributed by atoms with Crippen molar-refractivity contribution in [3.63, 3.8) is 0 Å². The van der Waals surface area contributed by atoms with E-state index in [1.807, 2.05) is 0 Å². The summed E-state index contributed by atoms with van der Waals surface area (Å²) in [4.78, 5) is 4.92. The zero-order valence-corrected chi connectivity index (χ0v) is 7.88. The molecule has 0 N–H and O–H groups in total. The fourth-order valence-electron chi connectivity index (χ4n) is 1.55. The third kappa shape index (κ3) is 2.11. The molecule has 0 aromatic heterocycles. The van der Waals surface area contributed by atoms with Gasteiger partial charge in [-0.15, -0.1) is 0 Å². The zero-order chi connectivity index (χ0) is 9.84. The predicted molar refractivity (Wildman–Crippen MR) is 48.7 cm³/mol. The SMILES string of the molecule is CC(C)N1CC(C#N)C(N=[N+]=[N-])C1. The summed E-state index contributed by atoms with van der Waals surface area (Å²) in [6.45, 7) is 5.58. The van der Waals surface area contributed by atoms with Gasteiger partial charge in [-0.2, -0.15) is 5.26 Å². The highest BCUT2D eigenvalue weighted by atomic mass is 15.2. The third-order valence-corrected chi connectivity index (χ3v) is 2.41. The molecular formula is C8H13N5. The first-order chi connectivity index (χ1) is 6.19. The molecule has 1 fully saturated rings. The highest BCUT2D eigenvalue weighted by Crippen LogP contribution is 2.21. The van der Waals surface area contributed by atoms with Crippen LogP contribution in [-0.4, -0.2) is 30.1 Å². The van der Waals surface area contributed by atoms with Gasteiger partial charge in [-0.1, -0.05) is 5.11 Å². The second kappa shape index (κ2) is 4.13. The Hall–Kier alpha value is -1.24. The molecule has 70 valence electrons. The molecule has 5 heteroatoms. The Morgan fingerprint density at radius 2 is 2.31 bits per heavy atom. The van der Waals surface area contributed by atoms with Crippen LogP contribution in [0.25, 0.3) is 10.4 Å². The fourth-order valence-corrected chi connectivity index (χ4v) is 1.55. The maximum Gasteiger partial charge on any atom is 0.0687 e. The van der Waals surface area contributed by atoms with Crippen LogP contribution in [0.1, 0.15) is 13.8 Å². The molecule has 0 amide bonds. The molecule has 0 radical (unpaired) electrons. The smallest absolute Gasteiger partial charge is 0.0687 e. The lowest BCUT2D eigenvalue weighted by atomic mass is 10.1. The average Bonchev–Trinajstić information content (AvgIpc) is 2.48. The summed E-state index contributed by atoms with van der Waals surface area (Å²) in [5, 5.41) is 12.4. The second-order valence-corrected chi connectivity index (χ2v) is 3.56. The topological polar surface area (TPSA) is 75.8 Å². The number of hydrogen-bond donors (Lipinski definition) is 0. The van der Waals surface area contributed by atoms with Crippen molar-refractivity contribution < 1.29 is 0 Å². The summed E-state index contributed by atoms with van der Waals surface area (Å²) in [5.41, 5.74) is 8.30. The van der Waals surface area contributed by atoms with Crippen LogP contribution in [-0.2, 0) is 0 Å². The monoisotopic (exact) mass is 179 g/mol. The van der Waals surface area contributed by atoms with Crippen LogP contribution in [0.4, 0.5) is 0 Å². The molecule has 13 heavy (non-hydrogen) atoms. The Balaban J connectivity index is 2.67. The van der Waals surface area contributed by atoms with Crippen LogP contribution in [0.2, 0.25) is 0 Å². The van der Waals surface area contributed by atoms with E-state index in [9.17, 15) is 0 Å². The number of likely N-dealkylation sites (tertiary alicyclic amines) is 1. The van der Waals surface area contributed by atoms with Crippen LogP contribution in [0.15, 0.2) is 5.11 Å². The van der Waals surface area contributed by atoms with Crippen molar-refractivity contribution >= 4 is 0 Å². The maximum atomic E-state index is 8.80. The average molecular weight is 179 g/mol. The van der Waals surface area contributed by atoms with Gasteiger partial charge in [0.15, 0.2) is 0 Å². The van der Waals surface area contributed by atoms with Crippen LogP contribution >= 0.6 is 0 Å². The van der Waals surface area contributed by atoms with Crippen molar-refractivity contribution in [2.24, 2.45) is 11.0 Å². The second-order valence-electron chi connectivity index (χ2n) is 3.56. The lowest BCUT2D eigenvalue weighted by Crippen LogP contribution is -2.28. The maximum absolute atomic E-state index is 8.80. The molecule has 1 aliphatic heterocycles. The number of rotatable bonds is 2. The van der Waals surface area contributed by atoms with E-state index in [2.05, 4.69) is 34.8 Å². The van der Waals surface area contributed by atoms with Gasteiger partial charge in [-0.3, -0.25) is 4.90 Å². The molecule has 1 aliphatic rings. The summed E-state index contributed by atoms with van der Waals surface area (Å²) < 4.78 is 0. The van der Waals surface area contributed by atoms with Gasteiger partial charge in [0.05, 0.1) is 18.0 Å². The summed E-state index contributed by atoms with van der Waals surface area (Å²) in [6, 6.07) is 2.42. The lowest BCUT2D eigenvalue weighted by molar-refractivity contribution is 0.269. The van der Waals surface area contributed by atoms with E-state index in [0.717, 1.165) is 6.54 Å². The van der Waals surface area contributed by atoms with Crippen LogP contribution in [0, 0.1) is 17.2 Å². The van der Waals surface area contributed by atoms with Gasteiger partial charge < -0.3 is 0 Å². The van der Waals surface area contributed by atoms with Crippen molar-refractivity contribution in [1.29, 1.82) is 5.26 Å². The Morgan fingerprint density at radius 3 is 2.77 bits per heavy atom. The number of azide groups is 1. The summed E-state index contributed by atoms with van der Waals surface area (Å²) in [5.74, 6) is -0.140. The third-order valence-electron chi connectivity index (χ3n) is 2.41. The predicted octanol–water partition coefficient (Wildman–Crippen LogP) is 1.53. The molecule has 0 spiro atoms. The zero-order valence-electron chi connectivity index (χ0n) is 7.88. The minimum Gasteiger partial charge on any atom is -0.299 e. The van der Waals surface area contributed by atoms with E-state index in [4.69, 9.17) is 10.8 Å². The normalized spacial score (nSPS) is 28.5. The van der Waals surface area contributed by atoms with Gasteiger partial charge >= 0.3 is 0 Å². The minimum atomic E-state index is -0.169. The molecule has 0 aromatic rings. The standard InChI is InChI=1S/C8H13N5/c1-6(2)13-4-7(3-9)8(5-13)11-12-10/h6-8H,4-5H2,1-2H3. The first-order valence-electron chi connectivity index (χ1n) is 4.37. The Morgan fingerprint density at radius 1 is 1.62 bits per heavy atom. The van der Waals surface area contributed by atoms with Gasteiger partial charge in [-0.25, -0.2) is 0 Å². The van der Waals surface area contributed by atoms with E-state index in [0.29, 0.717) is 12.6 Å². The molecule has 2 atom stereocenters. The van der Waals surface area contributed by atoms with E-state index in [1.165, 1.54) is 0 Å². The molecule has 0 bridgehead atoms. The Kier molecular flexibility index (Phi) is 3.13. The molecule has 2 unspecified atom stereocenters. The molecule has 5 nitrogen and oxygen atoms in total. The Labute approximate surface area is 77.6 Å². The highest BCUT2D eigenvalue weighted by molar-refractivity contribution is 5.01. The largest absolute Gasteiger partial charge is 0.299 e. The summed E-state index contributed by atoms with van der Waals surface area (Å²) in [6.07, 6.45) is 0. The van der Waals surface area contributed by atoms with Crippen molar-refractivity contribution in [3.05, 3.63) is 10.4 Å². The van der Waals surface area contributed by atoms with Gasteiger partial charge in [-0.05, 0) is 19.4 Å². The molecule has 1 saturated heterocycles. The number of nitriles is 1. The van der Waals surface area contributed by atoms with Crippen molar-refractivity contribution in [2.75, 3.05) is 13.1 Å². The lowest BCUT2D eigenvalue weighted by Gasteiger charge is -2.19. The quantitative estimate of drug-likeness (QED) is 0.366. The van der Waals surface area contributed by atoms with E-state index in [1.54, 1.807) is 0 Å². The Bertz CT molecular complexity index is 260. The van der Waals surface area contributed by atoms with Gasteiger partial charge in [0.25, 0.3) is 0 Å². The number of hydrogen-bond acceptors (Lipinski definition) is 3. The number of nitrogens with zero attached hydrogens (tertiary/aromatic N) is 5. The van der Waals surface area contributed by atoms with E-state index in [-0.39, 0.29) is 12.0 Å². The summed E-state index contributed by atoms with van der Waals surface area (Å²) in [7, 11) is 0. The first-order valence-corrected chi connectivity index (χ1v) is 4.37. The molecule has 0 aromatic carbocycles. The molecular weight excluding hydrogens is 166 g/mol. The molecule has 1 rings (SSSR count). The van der Waals surface area contributed by atoms with Crippen LogP contribution in [0.5, 0.6) is 0 Å². The highest BCUT2D eigenvalue weighted by Gasteiger charge is 2.32. The minimum absolute atomic E-state index is 0.140. The van der Waals surface area contributed by atoms with E-state index < -0.39 is 0 Å². The van der Waals surface area contributed by atoms with Gasteiger partial charge in [0.2, 0.25) is 0 Å².